The Labute approximate surface area is 145 Å². The van der Waals surface area contributed by atoms with Crippen LogP contribution in [-0.2, 0) is 4.79 Å². The highest BCUT2D eigenvalue weighted by Gasteiger charge is 2.26. The molecule has 3 heterocycles. The number of aromatic nitrogens is 2. The number of anilines is 1. The van der Waals surface area contributed by atoms with Crippen LogP contribution in [0.1, 0.15) is 29.2 Å². The van der Waals surface area contributed by atoms with Crippen LogP contribution < -0.4 is 5.73 Å². The number of fused-ring (bicyclic) bond motifs is 1. The molecule has 0 bridgehead atoms. The molecule has 0 aromatic carbocycles. The van der Waals surface area contributed by atoms with Gasteiger partial charge in [0, 0.05) is 31.1 Å². The quantitative estimate of drug-likeness (QED) is 0.861. The van der Waals surface area contributed by atoms with E-state index in [1.165, 1.54) is 4.88 Å². The highest BCUT2D eigenvalue weighted by atomic mass is 32.1. The van der Waals surface area contributed by atoms with Gasteiger partial charge in [-0.2, -0.15) is 0 Å². The molecule has 1 atom stereocenters. The van der Waals surface area contributed by atoms with E-state index < -0.39 is 6.61 Å². The molecule has 2 aromatic rings. The van der Waals surface area contributed by atoms with Crippen molar-refractivity contribution in [2.75, 3.05) is 38.5 Å². The third-order valence-electron chi connectivity index (χ3n) is 4.80. The summed E-state index contributed by atoms with van der Waals surface area (Å²) in [5.41, 5.74) is 7.33. The number of aryl methyl sites for hydroxylation is 2. The predicted molar refractivity (Wildman–Crippen MR) is 95.0 cm³/mol. The molecular weight excluding hydrogens is 326 g/mol. The van der Waals surface area contributed by atoms with Crippen LogP contribution in [0.15, 0.2) is 0 Å². The molecule has 1 aliphatic rings. The SMILES string of the molecule is Cc1sc2nc(C(C)N3CCN(C(=O)CO)CC3)nc(N)c2c1C. The van der Waals surface area contributed by atoms with E-state index in [0.717, 1.165) is 34.7 Å². The maximum atomic E-state index is 11.6. The number of aliphatic hydroxyl groups excluding tert-OH is 1. The summed E-state index contributed by atoms with van der Waals surface area (Å²) >= 11 is 1.65. The second-order valence-electron chi connectivity index (χ2n) is 6.18. The lowest BCUT2D eigenvalue weighted by atomic mass is 10.2. The summed E-state index contributed by atoms with van der Waals surface area (Å²) < 4.78 is 0. The lowest BCUT2D eigenvalue weighted by Gasteiger charge is -2.37. The van der Waals surface area contributed by atoms with Crippen LogP contribution in [-0.4, -0.2) is 63.6 Å². The Kier molecular flexibility index (Phi) is 4.71. The number of nitrogens with two attached hydrogens (primary N) is 1. The summed E-state index contributed by atoms with van der Waals surface area (Å²) in [6, 6.07) is 0.0331. The maximum Gasteiger partial charge on any atom is 0.248 e. The summed E-state index contributed by atoms with van der Waals surface area (Å²) in [6.45, 7) is 8.45. The van der Waals surface area contributed by atoms with Crippen LogP contribution in [0.5, 0.6) is 0 Å². The van der Waals surface area contributed by atoms with Gasteiger partial charge in [0.05, 0.1) is 11.4 Å². The van der Waals surface area contributed by atoms with Gasteiger partial charge in [-0.25, -0.2) is 9.97 Å². The average Bonchev–Trinajstić information content (AvgIpc) is 2.88. The van der Waals surface area contributed by atoms with Crippen molar-refractivity contribution in [2.45, 2.75) is 26.8 Å². The van der Waals surface area contributed by atoms with Crippen molar-refractivity contribution in [1.29, 1.82) is 0 Å². The minimum atomic E-state index is -0.428. The molecule has 3 rings (SSSR count). The highest BCUT2D eigenvalue weighted by Crippen LogP contribution is 2.33. The topological polar surface area (TPSA) is 95.6 Å². The second-order valence-corrected chi connectivity index (χ2v) is 7.38. The predicted octanol–water partition coefficient (Wildman–Crippen LogP) is 1.09. The van der Waals surface area contributed by atoms with Gasteiger partial charge >= 0.3 is 0 Å². The summed E-state index contributed by atoms with van der Waals surface area (Å²) in [6.07, 6.45) is 0. The van der Waals surface area contributed by atoms with E-state index in [2.05, 4.69) is 23.7 Å². The van der Waals surface area contributed by atoms with Gasteiger partial charge in [-0.05, 0) is 26.3 Å². The molecule has 7 nitrogen and oxygen atoms in total. The number of nitrogens with zero attached hydrogens (tertiary/aromatic N) is 4. The van der Waals surface area contributed by atoms with Crippen molar-refractivity contribution in [1.82, 2.24) is 19.8 Å². The van der Waals surface area contributed by atoms with E-state index in [4.69, 9.17) is 15.8 Å². The molecule has 1 fully saturated rings. The first kappa shape index (κ1) is 17.1. The Morgan fingerprint density at radius 3 is 2.58 bits per heavy atom. The second kappa shape index (κ2) is 6.62. The van der Waals surface area contributed by atoms with Crippen LogP contribution in [0.25, 0.3) is 10.2 Å². The number of carbonyl (C=O) groups excluding carboxylic acids is 1. The average molecular weight is 349 g/mol. The van der Waals surface area contributed by atoms with Gasteiger partial charge in [-0.1, -0.05) is 0 Å². The Balaban J connectivity index is 1.80. The summed E-state index contributed by atoms with van der Waals surface area (Å²) in [5, 5.41) is 9.92. The van der Waals surface area contributed by atoms with Gasteiger partial charge in [0.2, 0.25) is 5.91 Å². The number of hydrogen-bond acceptors (Lipinski definition) is 7. The van der Waals surface area contributed by atoms with Crippen LogP contribution in [0.2, 0.25) is 0 Å². The van der Waals surface area contributed by atoms with Crippen LogP contribution in [0.3, 0.4) is 0 Å². The molecule has 24 heavy (non-hydrogen) atoms. The molecule has 8 heteroatoms. The Hall–Kier alpha value is -1.77. The smallest absolute Gasteiger partial charge is 0.248 e. The van der Waals surface area contributed by atoms with Crippen molar-refractivity contribution in [3.8, 4) is 0 Å². The third kappa shape index (κ3) is 2.97. The van der Waals surface area contributed by atoms with Gasteiger partial charge in [-0.15, -0.1) is 11.3 Å². The third-order valence-corrected chi connectivity index (χ3v) is 5.90. The molecule has 0 saturated carbocycles. The molecular formula is C16H23N5O2S. The number of carbonyl (C=O) groups is 1. The zero-order valence-electron chi connectivity index (χ0n) is 14.2. The van der Waals surface area contributed by atoms with E-state index >= 15 is 0 Å². The number of rotatable bonds is 3. The van der Waals surface area contributed by atoms with Gasteiger partial charge in [0.1, 0.15) is 23.1 Å². The van der Waals surface area contributed by atoms with Crippen molar-refractivity contribution < 1.29 is 9.90 Å². The lowest BCUT2D eigenvalue weighted by molar-refractivity contribution is -0.136. The summed E-state index contributed by atoms with van der Waals surface area (Å²) in [7, 11) is 0. The number of aliphatic hydroxyl groups is 1. The fourth-order valence-corrected chi connectivity index (χ4v) is 4.15. The fraction of sp³-hybridized carbons (Fsp3) is 0.562. The molecule has 0 radical (unpaired) electrons. The maximum absolute atomic E-state index is 11.6. The summed E-state index contributed by atoms with van der Waals surface area (Å²) in [4.78, 5) is 26.9. The van der Waals surface area contributed by atoms with E-state index in [-0.39, 0.29) is 11.9 Å². The first-order valence-corrected chi connectivity index (χ1v) is 8.89. The van der Waals surface area contributed by atoms with Crippen molar-refractivity contribution >= 4 is 33.3 Å². The highest BCUT2D eigenvalue weighted by molar-refractivity contribution is 7.18. The Morgan fingerprint density at radius 2 is 1.96 bits per heavy atom. The molecule has 2 aromatic heterocycles. The molecule has 1 amide bonds. The van der Waals surface area contributed by atoms with E-state index in [9.17, 15) is 4.79 Å². The lowest BCUT2D eigenvalue weighted by Crippen LogP contribution is -2.50. The number of hydrogen-bond donors (Lipinski definition) is 2. The molecule has 1 aliphatic heterocycles. The molecule has 130 valence electrons. The molecule has 1 saturated heterocycles. The van der Waals surface area contributed by atoms with Crippen LogP contribution >= 0.6 is 11.3 Å². The van der Waals surface area contributed by atoms with Gasteiger partial charge in [0.15, 0.2) is 0 Å². The van der Waals surface area contributed by atoms with Crippen LogP contribution in [0, 0.1) is 13.8 Å². The number of piperazine rings is 1. The zero-order chi connectivity index (χ0) is 17.4. The number of thiophene rings is 1. The van der Waals surface area contributed by atoms with Crippen molar-refractivity contribution in [3.05, 3.63) is 16.3 Å². The molecule has 3 N–H and O–H groups in total. The van der Waals surface area contributed by atoms with Crippen LogP contribution in [0.4, 0.5) is 5.82 Å². The minimum Gasteiger partial charge on any atom is -0.387 e. The Bertz CT molecular complexity index is 767. The fourth-order valence-electron chi connectivity index (χ4n) is 3.11. The monoisotopic (exact) mass is 349 g/mol. The first-order valence-electron chi connectivity index (χ1n) is 8.08. The van der Waals surface area contributed by atoms with E-state index in [0.29, 0.717) is 18.9 Å². The molecule has 0 spiro atoms. The summed E-state index contributed by atoms with van der Waals surface area (Å²) in [5.74, 6) is 1.05. The van der Waals surface area contributed by atoms with Crippen molar-refractivity contribution in [3.63, 3.8) is 0 Å². The van der Waals surface area contributed by atoms with Gasteiger partial charge in [0.25, 0.3) is 0 Å². The van der Waals surface area contributed by atoms with E-state index in [1.807, 2.05) is 6.92 Å². The van der Waals surface area contributed by atoms with Crippen molar-refractivity contribution in [2.24, 2.45) is 0 Å². The molecule has 0 aliphatic carbocycles. The zero-order valence-corrected chi connectivity index (χ0v) is 15.1. The normalized spacial score (nSPS) is 17.4. The largest absolute Gasteiger partial charge is 0.387 e. The van der Waals surface area contributed by atoms with Gasteiger partial charge < -0.3 is 15.7 Å². The number of nitrogen functional groups attached to an aromatic ring is 1. The minimum absolute atomic E-state index is 0.0331. The standard InChI is InChI=1S/C16H23N5O2S/c1-9-11(3)24-16-13(9)14(17)18-15(19-16)10(2)20-4-6-21(7-5-20)12(23)8-22/h10,22H,4-8H2,1-3H3,(H2,17,18,19). The molecule has 1 unspecified atom stereocenters. The van der Waals surface area contributed by atoms with E-state index in [1.54, 1.807) is 16.2 Å². The van der Waals surface area contributed by atoms with Gasteiger partial charge in [-0.3, -0.25) is 9.69 Å². The number of amides is 1. The Morgan fingerprint density at radius 1 is 1.29 bits per heavy atom. The first-order chi connectivity index (χ1) is 11.4.